The van der Waals surface area contributed by atoms with Crippen LogP contribution in [0.5, 0.6) is 0 Å². The zero-order chi connectivity index (χ0) is 18.2. The van der Waals surface area contributed by atoms with Gasteiger partial charge in [0.05, 0.1) is 0 Å². The molecule has 0 radical (unpaired) electrons. The molecule has 1 saturated carbocycles. The minimum Gasteiger partial charge on any atom is -0.385 e. The Bertz CT molecular complexity index is 661. The Morgan fingerprint density at radius 1 is 1.40 bits per heavy atom. The number of amides is 1. The Labute approximate surface area is 150 Å². The third kappa shape index (κ3) is 4.96. The van der Waals surface area contributed by atoms with E-state index in [2.05, 4.69) is 29.8 Å². The molecule has 25 heavy (non-hydrogen) atoms. The molecule has 0 atom stereocenters. The van der Waals surface area contributed by atoms with Crippen LogP contribution in [0.3, 0.4) is 0 Å². The number of methoxy groups -OCH3 is 1. The third-order valence-corrected chi connectivity index (χ3v) is 4.94. The van der Waals surface area contributed by atoms with Crippen LogP contribution in [-0.4, -0.2) is 30.7 Å². The van der Waals surface area contributed by atoms with E-state index in [1.807, 2.05) is 6.07 Å². The van der Waals surface area contributed by atoms with Crippen molar-refractivity contribution in [1.82, 2.24) is 9.88 Å². The summed E-state index contributed by atoms with van der Waals surface area (Å²) in [6.45, 7) is 5.29. The van der Waals surface area contributed by atoms with E-state index in [-0.39, 0.29) is 11.5 Å². The predicted octanol–water partition coefficient (Wildman–Crippen LogP) is 3.67. The molecule has 0 bridgehead atoms. The van der Waals surface area contributed by atoms with E-state index in [4.69, 9.17) is 4.74 Å². The average molecular weight is 343 g/mol. The van der Waals surface area contributed by atoms with Crippen LogP contribution in [0.2, 0.25) is 0 Å². The quantitative estimate of drug-likeness (QED) is 0.467. The summed E-state index contributed by atoms with van der Waals surface area (Å²) in [5.74, 6) is -0.318. The van der Waals surface area contributed by atoms with Crippen LogP contribution < -0.4 is 5.32 Å². The van der Waals surface area contributed by atoms with Gasteiger partial charge < -0.3 is 14.6 Å². The first-order chi connectivity index (χ1) is 12.1. The number of aryl methyl sites for hydroxylation is 1. The molecule has 1 aromatic heterocycles. The summed E-state index contributed by atoms with van der Waals surface area (Å²) in [6.07, 6.45) is 8.75. The van der Waals surface area contributed by atoms with Gasteiger partial charge in [-0.1, -0.05) is 19.3 Å². The summed E-state index contributed by atoms with van der Waals surface area (Å²) in [5.41, 5.74) is 3.46. The largest absolute Gasteiger partial charge is 0.385 e. The lowest BCUT2D eigenvalue weighted by atomic mass is 9.95. The van der Waals surface area contributed by atoms with Crippen LogP contribution in [0, 0.1) is 25.2 Å². The SMILES string of the molecule is COCCCNC(=O)C(C#N)=Cc1cc(C)n(C2CCCCC2)c1C. The standard InChI is InChI=1S/C20H29N3O2/c1-15-12-17(16(2)23(15)19-8-5-4-6-9-19)13-18(14-21)20(24)22-10-7-11-25-3/h12-13,19H,4-11H2,1-3H3,(H,22,24). The fraction of sp³-hybridized carbons (Fsp3) is 0.600. The first-order valence-electron chi connectivity index (χ1n) is 9.15. The van der Waals surface area contributed by atoms with Gasteiger partial charge in [0.25, 0.3) is 5.91 Å². The Balaban J connectivity index is 2.15. The summed E-state index contributed by atoms with van der Waals surface area (Å²) in [6, 6.07) is 4.66. The molecule has 1 aliphatic carbocycles. The smallest absolute Gasteiger partial charge is 0.261 e. The summed E-state index contributed by atoms with van der Waals surface area (Å²) < 4.78 is 7.35. The summed E-state index contributed by atoms with van der Waals surface area (Å²) in [4.78, 5) is 12.2. The van der Waals surface area contributed by atoms with Crippen molar-refractivity contribution in [3.63, 3.8) is 0 Å². The molecule has 0 spiro atoms. The van der Waals surface area contributed by atoms with Crippen LogP contribution in [0.15, 0.2) is 11.6 Å². The van der Waals surface area contributed by atoms with Crippen molar-refractivity contribution in [1.29, 1.82) is 5.26 Å². The molecule has 0 saturated heterocycles. The number of carbonyl (C=O) groups excluding carboxylic acids is 1. The van der Waals surface area contributed by atoms with E-state index in [0.29, 0.717) is 19.2 Å². The second-order valence-corrected chi connectivity index (χ2v) is 6.76. The van der Waals surface area contributed by atoms with E-state index in [0.717, 1.165) is 17.7 Å². The topological polar surface area (TPSA) is 67.0 Å². The molecule has 1 fully saturated rings. The zero-order valence-corrected chi connectivity index (χ0v) is 15.6. The Morgan fingerprint density at radius 3 is 2.76 bits per heavy atom. The van der Waals surface area contributed by atoms with Crippen LogP contribution >= 0.6 is 0 Å². The zero-order valence-electron chi connectivity index (χ0n) is 15.6. The molecule has 0 unspecified atom stereocenters. The Morgan fingerprint density at radius 2 is 2.12 bits per heavy atom. The fourth-order valence-corrected chi connectivity index (χ4v) is 3.67. The highest BCUT2D eigenvalue weighted by molar-refractivity contribution is 6.01. The highest BCUT2D eigenvalue weighted by Crippen LogP contribution is 2.32. The highest BCUT2D eigenvalue weighted by Gasteiger charge is 2.20. The average Bonchev–Trinajstić information content (AvgIpc) is 2.90. The molecule has 1 aliphatic rings. The number of nitrogens with zero attached hydrogens (tertiary/aromatic N) is 2. The molecule has 2 rings (SSSR count). The number of hydrogen-bond donors (Lipinski definition) is 1. The van der Waals surface area contributed by atoms with Gasteiger partial charge in [0, 0.05) is 37.7 Å². The van der Waals surface area contributed by atoms with Crippen LogP contribution in [0.4, 0.5) is 0 Å². The fourth-order valence-electron chi connectivity index (χ4n) is 3.67. The number of aromatic nitrogens is 1. The number of hydrogen-bond acceptors (Lipinski definition) is 3. The molecule has 1 amide bonds. The second-order valence-electron chi connectivity index (χ2n) is 6.76. The number of nitriles is 1. The first kappa shape index (κ1) is 19.3. The van der Waals surface area contributed by atoms with E-state index < -0.39 is 0 Å². The molecule has 1 aromatic rings. The summed E-state index contributed by atoms with van der Waals surface area (Å²) in [5, 5.41) is 12.1. The number of nitrogens with one attached hydrogen (secondary N) is 1. The van der Waals surface area contributed by atoms with E-state index in [1.165, 1.54) is 37.8 Å². The van der Waals surface area contributed by atoms with Crippen molar-refractivity contribution in [2.75, 3.05) is 20.3 Å². The van der Waals surface area contributed by atoms with Gasteiger partial charge in [0.1, 0.15) is 11.6 Å². The molecule has 136 valence electrons. The third-order valence-electron chi connectivity index (χ3n) is 4.94. The lowest BCUT2D eigenvalue weighted by Crippen LogP contribution is -2.26. The van der Waals surface area contributed by atoms with Crippen molar-refractivity contribution in [2.45, 2.75) is 58.4 Å². The molecule has 1 heterocycles. The van der Waals surface area contributed by atoms with Crippen molar-refractivity contribution in [2.24, 2.45) is 0 Å². The normalized spacial score (nSPS) is 15.8. The van der Waals surface area contributed by atoms with Gasteiger partial charge in [-0.15, -0.1) is 0 Å². The van der Waals surface area contributed by atoms with Crippen LogP contribution in [0.25, 0.3) is 6.08 Å². The monoisotopic (exact) mass is 343 g/mol. The maximum atomic E-state index is 12.2. The Hall–Kier alpha value is -2.06. The van der Waals surface area contributed by atoms with Gasteiger partial charge in [-0.2, -0.15) is 5.26 Å². The van der Waals surface area contributed by atoms with Crippen LogP contribution in [0.1, 0.15) is 61.5 Å². The van der Waals surface area contributed by atoms with E-state index >= 15 is 0 Å². The van der Waals surface area contributed by atoms with Gasteiger partial charge in [-0.05, 0) is 50.8 Å². The van der Waals surface area contributed by atoms with Crippen LogP contribution in [-0.2, 0) is 9.53 Å². The maximum absolute atomic E-state index is 12.2. The Kier molecular flexibility index (Phi) is 7.27. The van der Waals surface area contributed by atoms with Gasteiger partial charge >= 0.3 is 0 Å². The van der Waals surface area contributed by atoms with E-state index in [1.54, 1.807) is 13.2 Å². The molecular weight excluding hydrogens is 314 g/mol. The predicted molar refractivity (Wildman–Crippen MR) is 99.1 cm³/mol. The minimum atomic E-state index is -0.318. The lowest BCUT2D eigenvalue weighted by molar-refractivity contribution is -0.117. The van der Waals surface area contributed by atoms with Crippen molar-refractivity contribution in [3.8, 4) is 6.07 Å². The maximum Gasteiger partial charge on any atom is 0.261 e. The molecule has 0 aliphatic heterocycles. The molecular formula is C20H29N3O2. The first-order valence-corrected chi connectivity index (χ1v) is 9.15. The second kappa shape index (κ2) is 9.43. The molecule has 0 aromatic carbocycles. The molecule has 1 N–H and O–H groups in total. The minimum absolute atomic E-state index is 0.154. The van der Waals surface area contributed by atoms with Gasteiger partial charge in [-0.25, -0.2) is 0 Å². The number of rotatable bonds is 7. The van der Waals surface area contributed by atoms with E-state index in [9.17, 15) is 10.1 Å². The van der Waals surface area contributed by atoms with Crippen molar-refractivity contribution >= 4 is 12.0 Å². The van der Waals surface area contributed by atoms with Gasteiger partial charge in [0.15, 0.2) is 0 Å². The number of carbonyl (C=O) groups is 1. The highest BCUT2D eigenvalue weighted by atomic mass is 16.5. The van der Waals surface area contributed by atoms with Gasteiger partial charge in [-0.3, -0.25) is 4.79 Å². The number of ether oxygens (including phenoxy) is 1. The summed E-state index contributed by atoms with van der Waals surface area (Å²) >= 11 is 0. The molecule has 5 heteroatoms. The van der Waals surface area contributed by atoms with Crippen molar-refractivity contribution in [3.05, 3.63) is 28.6 Å². The molecule has 5 nitrogen and oxygen atoms in total. The van der Waals surface area contributed by atoms with Gasteiger partial charge in [0.2, 0.25) is 0 Å². The van der Waals surface area contributed by atoms with Crippen molar-refractivity contribution < 1.29 is 9.53 Å². The lowest BCUT2D eigenvalue weighted by Gasteiger charge is -2.26. The summed E-state index contributed by atoms with van der Waals surface area (Å²) in [7, 11) is 1.63.